The first kappa shape index (κ1) is 13.9. The second kappa shape index (κ2) is 5.74. The monoisotopic (exact) mass is 296 g/mol. The van der Waals surface area contributed by atoms with Crippen LogP contribution in [-0.4, -0.2) is 38.4 Å². The molecular formula is C14H21ClN4O. The van der Waals surface area contributed by atoms with Gasteiger partial charge in [0.05, 0.1) is 12.3 Å². The number of rotatable bonds is 4. The Morgan fingerprint density at radius 3 is 3.00 bits per heavy atom. The molecular weight excluding hydrogens is 276 g/mol. The molecule has 1 fully saturated rings. The summed E-state index contributed by atoms with van der Waals surface area (Å²) in [5.74, 6) is 2.22. The molecule has 110 valence electrons. The molecule has 1 unspecified atom stereocenters. The Balaban J connectivity index is 1.98. The fraction of sp³-hybridized carbons (Fsp3) is 0.714. The molecule has 3 heterocycles. The lowest BCUT2D eigenvalue weighted by Gasteiger charge is -2.23. The Morgan fingerprint density at radius 1 is 1.45 bits per heavy atom. The Labute approximate surface area is 123 Å². The van der Waals surface area contributed by atoms with Crippen molar-refractivity contribution in [2.45, 2.75) is 32.7 Å². The topological polar surface area (TPSA) is 44.9 Å². The maximum Gasteiger partial charge on any atom is 0.158 e. The summed E-state index contributed by atoms with van der Waals surface area (Å²) >= 11 is 5.92. The molecule has 0 aromatic carbocycles. The van der Waals surface area contributed by atoms with Gasteiger partial charge in [-0.25, -0.2) is 4.98 Å². The van der Waals surface area contributed by atoms with E-state index in [4.69, 9.17) is 21.3 Å². The van der Waals surface area contributed by atoms with Gasteiger partial charge in [-0.2, -0.15) is 5.10 Å². The Morgan fingerprint density at radius 2 is 2.30 bits per heavy atom. The van der Waals surface area contributed by atoms with E-state index in [1.165, 1.54) is 6.42 Å². The van der Waals surface area contributed by atoms with E-state index in [0.29, 0.717) is 11.8 Å². The first-order valence-electron chi connectivity index (χ1n) is 7.23. The largest absolute Gasteiger partial charge is 0.381 e. The maximum absolute atomic E-state index is 5.92. The number of aryl methyl sites for hydroxylation is 3. The van der Waals surface area contributed by atoms with Crippen molar-refractivity contribution in [1.82, 2.24) is 19.3 Å². The quantitative estimate of drug-likeness (QED) is 0.813. The predicted molar refractivity (Wildman–Crippen MR) is 79.2 cm³/mol. The van der Waals surface area contributed by atoms with Crippen LogP contribution in [0.3, 0.4) is 0 Å². The van der Waals surface area contributed by atoms with E-state index in [1.54, 1.807) is 0 Å². The maximum atomic E-state index is 5.92. The number of hydrogen-bond donors (Lipinski definition) is 0. The highest BCUT2D eigenvalue weighted by atomic mass is 35.5. The number of hydrogen-bond acceptors (Lipinski definition) is 3. The summed E-state index contributed by atoms with van der Waals surface area (Å²) in [7, 11) is 1.98. The van der Waals surface area contributed by atoms with Gasteiger partial charge in [-0.1, -0.05) is 0 Å². The van der Waals surface area contributed by atoms with E-state index in [-0.39, 0.29) is 0 Å². The third-order valence-corrected chi connectivity index (χ3v) is 4.17. The minimum Gasteiger partial charge on any atom is -0.381 e. The fourth-order valence-electron chi connectivity index (χ4n) is 3.06. The van der Waals surface area contributed by atoms with Crippen molar-refractivity contribution in [3.8, 4) is 0 Å². The molecule has 2 aromatic rings. The summed E-state index contributed by atoms with van der Waals surface area (Å²) in [4.78, 5) is 4.74. The summed E-state index contributed by atoms with van der Waals surface area (Å²) in [6, 6.07) is 0. The summed E-state index contributed by atoms with van der Waals surface area (Å²) in [6.07, 6.45) is 3.16. The molecule has 0 saturated carbocycles. The molecule has 1 atom stereocenters. The van der Waals surface area contributed by atoms with Crippen LogP contribution in [0, 0.1) is 12.8 Å². The van der Waals surface area contributed by atoms with Gasteiger partial charge in [0.2, 0.25) is 0 Å². The lowest BCUT2D eigenvalue weighted by atomic mass is 10.0. The van der Waals surface area contributed by atoms with Crippen molar-refractivity contribution in [1.29, 1.82) is 0 Å². The summed E-state index contributed by atoms with van der Waals surface area (Å²) in [5.41, 5.74) is 3.09. The van der Waals surface area contributed by atoms with Gasteiger partial charge in [0.25, 0.3) is 0 Å². The highest BCUT2D eigenvalue weighted by molar-refractivity contribution is 6.17. The van der Waals surface area contributed by atoms with E-state index in [2.05, 4.69) is 9.67 Å². The van der Waals surface area contributed by atoms with Crippen LogP contribution in [0.25, 0.3) is 11.2 Å². The zero-order chi connectivity index (χ0) is 14.1. The van der Waals surface area contributed by atoms with E-state index >= 15 is 0 Å². The van der Waals surface area contributed by atoms with Crippen molar-refractivity contribution in [3.05, 3.63) is 11.5 Å². The molecule has 20 heavy (non-hydrogen) atoms. The Kier molecular flexibility index (Phi) is 3.98. The van der Waals surface area contributed by atoms with Gasteiger partial charge in [-0.3, -0.25) is 4.68 Å². The van der Waals surface area contributed by atoms with Crippen LogP contribution >= 0.6 is 11.6 Å². The average Bonchev–Trinajstić information content (AvgIpc) is 2.92. The Bertz CT molecular complexity index is 598. The minimum absolute atomic E-state index is 0.561. The predicted octanol–water partition coefficient (Wildman–Crippen LogP) is 2.29. The molecule has 1 aliphatic heterocycles. The molecule has 0 aliphatic carbocycles. The van der Waals surface area contributed by atoms with Gasteiger partial charge >= 0.3 is 0 Å². The number of fused-ring (bicyclic) bond motifs is 1. The number of aromatic nitrogens is 4. The molecule has 3 rings (SSSR count). The van der Waals surface area contributed by atoms with Gasteiger partial charge in [0, 0.05) is 38.4 Å². The van der Waals surface area contributed by atoms with E-state index in [9.17, 15) is 0 Å². The second-order valence-electron chi connectivity index (χ2n) is 5.54. The molecule has 0 spiro atoms. The van der Waals surface area contributed by atoms with Gasteiger partial charge in [-0.15, -0.1) is 11.6 Å². The molecule has 0 amide bonds. The van der Waals surface area contributed by atoms with Gasteiger partial charge in [-0.05, 0) is 19.8 Å². The van der Waals surface area contributed by atoms with Crippen LogP contribution in [0.2, 0.25) is 0 Å². The second-order valence-corrected chi connectivity index (χ2v) is 5.92. The van der Waals surface area contributed by atoms with Crippen LogP contribution in [0.5, 0.6) is 0 Å². The molecule has 1 aliphatic rings. The lowest BCUT2D eigenvalue weighted by molar-refractivity contribution is 0.0484. The van der Waals surface area contributed by atoms with E-state index < -0.39 is 0 Å². The van der Waals surface area contributed by atoms with Crippen LogP contribution in [0.1, 0.15) is 24.4 Å². The highest BCUT2D eigenvalue weighted by Gasteiger charge is 2.21. The fourth-order valence-corrected chi connectivity index (χ4v) is 3.23. The van der Waals surface area contributed by atoms with Gasteiger partial charge in [0.15, 0.2) is 5.65 Å². The summed E-state index contributed by atoms with van der Waals surface area (Å²) < 4.78 is 9.81. The van der Waals surface area contributed by atoms with Crippen LogP contribution in [0.15, 0.2) is 0 Å². The van der Waals surface area contributed by atoms with Crippen LogP contribution < -0.4 is 0 Å². The minimum atomic E-state index is 0.561. The normalized spacial score (nSPS) is 19.9. The SMILES string of the molecule is Cc1nn(C)c2c1nc(CCCl)n2CC1CCCOC1. The van der Waals surface area contributed by atoms with Gasteiger partial charge < -0.3 is 9.30 Å². The van der Waals surface area contributed by atoms with Crippen molar-refractivity contribution in [2.24, 2.45) is 13.0 Å². The number of nitrogens with zero attached hydrogens (tertiary/aromatic N) is 4. The Hall–Kier alpha value is -1.07. The average molecular weight is 297 g/mol. The van der Waals surface area contributed by atoms with Gasteiger partial charge in [0.1, 0.15) is 11.3 Å². The zero-order valence-electron chi connectivity index (χ0n) is 12.1. The van der Waals surface area contributed by atoms with Crippen LogP contribution in [-0.2, 0) is 24.8 Å². The van der Waals surface area contributed by atoms with Crippen LogP contribution in [0.4, 0.5) is 0 Å². The third-order valence-electron chi connectivity index (χ3n) is 3.98. The van der Waals surface area contributed by atoms with Crippen molar-refractivity contribution in [3.63, 3.8) is 0 Å². The summed E-state index contributed by atoms with van der Waals surface area (Å²) in [5, 5.41) is 4.47. The zero-order valence-corrected chi connectivity index (χ0v) is 12.9. The molecule has 2 aromatic heterocycles. The van der Waals surface area contributed by atoms with Crippen molar-refractivity contribution in [2.75, 3.05) is 19.1 Å². The first-order valence-corrected chi connectivity index (χ1v) is 7.76. The van der Waals surface area contributed by atoms with E-state index in [0.717, 1.165) is 55.3 Å². The highest BCUT2D eigenvalue weighted by Crippen LogP contribution is 2.23. The third kappa shape index (κ3) is 2.44. The number of alkyl halides is 1. The number of imidazole rings is 1. The standard InChI is InChI=1S/C14H21ClN4O/c1-10-13-14(18(2)17-10)19(12(16-13)5-6-15)8-11-4-3-7-20-9-11/h11H,3-9H2,1-2H3. The van der Waals surface area contributed by atoms with E-state index in [1.807, 2.05) is 18.7 Å². The molecule has 1 saturated heterocycles. The molecule has 0 bridgehead atoms. The lowest BCUT2D eigenvalue weighted by Crippen LogP contribution is -2.23. The van der Waals surface area contributed by atoms with Crippen molar-refractivity contribution >= 4 is 22.8 Å². The first-order chi connectivity index (χ1) is 9.70. The molecule has 5 nitrogen and oxygen atoms in total. The molecule has 6 heteroatoms. The number of ether oxygens (including phenoxy) is 1. The molecule has 0 radical (unpaired) electrons. The number of halogens is 1. The van der Waals surface area contributed by atoms with Crippen molar-refractivity contribution < 1.29 is 4.74 Å². The smallest absolute Gasteiger partial charge is 0.158 e. The summed E-state index contributed by atoms with van der Waals surface area (Å²) in [6.45, 7) is 4.70. The molecule has 0 N–H and O–H groups in total.